The van der Waals surface area contributed by atoms with Crippen molar-refractivity contribution in [1.82, 2.24) is 0 Å². The highest BCUT2D eigenvalue weighted by Gasteiger charge is 2.64. The number of Topliss-reactive ketones (excluding diaryl/α,β-unsaturated/α-hetero) is 2. The lowest BCUT2D eigenvalue weighted by molar-refractivity contribution is -0.409. The van der Waals surface area contributed by atoms with Crippen LogP contribution in [-0.4, -0.2) is 95.1 Å². The van der Waals surface area contributed by atoms with Gasteiger partial charge in [-0.05, 0) is 103 Å². The Bertz CT molecular complexity index is 1500. The number of methoxy groups -OCH3 is 1. The van der Waals surface area contributed by atoms with E-state index in [2.05, 4.69) is 20.8 Å². The Kier molecular flexibility index (Phi) is 14.3. The largest absolute Gasteiger partial charge is 0.469 e. The Morgan fingerprint density at radius 2 is 1.54 bits per heavy atom. The molecule has 0 bridgehead atoms. The average molecular weight is 805 g/mol. The molecule has 1 N–H and O–H groups in total. The Hall–Kier alpha value is -2.22. The zero-order valence-corrected chi connectivity index (χ0v) is 36.7. The van der Waals surface area contributed by atoms with Gasteiger partial charge < -0.3 is 38.3 Å². The number of carbonyl (C=O) groups is 4. The summed E-state index contributed by atoms with van der Waals surface area (Å²) in [6.07, 6.45) is 6.65. The third kappa shape index (κ3) is 8.83. The van der Waals surface area contributed by atoms with Crippen molar-refractivity contribution in [3.63, 3.8) is 0 Å². The number of ether oxygens (including phenoxy) is 7. The summed E-state index contributed by atoms with van der Waals surface area (Å²) in [4.78, 5) is 53.7. The zero-order valence-electron chi connectivity index (χ0n) is 36.7. The van der Waals surface area contributed by atoms with E-state index in [1.165, 1.54) is 14.0 Å². The Morgan fingerprint density at radius 3 is 2.14 bits per heavy atom. The van der Waals surface area contributed by atoms with Gasteiger partial charge in [0.15, 0.2) is 11.9 Å². The number of hydrogen-bond acceptors (Lipinski definition) is 12. The fourth-order valence-corrected chi connectivity index (χ4v) is 10.8. The number of rotatable bonds is 13. The molecule has 2 spiro atoms. The van der Waals surface area contributed by atoms with Gasteiger partial charge in [0.2, 0.25) is 5.79 Å². The van der Waals surface area contributed by atoms with Gasteiger partial charge in [-0.15, -0.1) is 0 Å². The predicted octanol–water partition coefficient (Wildman–Crippen LogP) is 7.06. The van der Waals surface area contributed by atoms with E-state index in [1.807, 2.05) is 47.6 Å². The van der Waals surface area contributed by atoms with E-state index < -0.39 is 70.7 Å². The van der Waals surface area contributed by atoms with Gasteiger partial charge in [0, 0.05) is 31.1 Å². The van der Waals surface area contributed by atoms with Crippen LogP contribution in [-0.2, 0) is 52.3 Å². The molecule has 57 heavy (non-hydrogen) atoms. The average Bonchev–Trinajstić information content (AvgIpc) is 3.52. The molecule has 4 fully saturated rings. The van der Waals surface area contributed by atoms with Gasteiger partial charge in [-0.2, -0.15) is 0 Å². The van der Waals surface area contributed by atoms with E-state index in [4.69, 9.17) is 33.2 Å². The van der Waals surface area contributed by atoms with E-state index in [0.29, 0.717) is 57.8 Å². The van der Waals surface area contributed by atoms with Gasteiger partial charge in [-0.1, -0.05) is 48.5 Å². The molecule has 0 amide bonds. The molecule has 12 heteroatoms. The van der Waals surface area contributed by atoms with Gasteiger partial charge in [0.25, 0.3) is 0 Å². The number of hydrogen-bond donors (Lipinski definition) is 1. The second-order valence-corrected chi connectivity index (χ2v) is 18.5. The minimum atomic E-state index is -1.39. The lowest BCUT2D eigenvalue weighted by Crippen LogP contribution is -2.63. The van der Waals surface area contributed by atoms with Crippen molar-refractivity contribution in [2.75, 3.05) is 7.11 Å². The van der Waals surface area contributed by atoms with E-state index in [1.54, 1.807) is 13.0 Å². The van der Waals surface area contributed by atoms with Crippen LogP contribution in [0.25, 0.3) is 0 Å². The monoisotopic (exact) mass is 805 g/mol. The highest BCUT2D eigenvalue weighted by molar-refractivity contribution is 6.04. The van der Waals surface area contributed by atoms with Crippen LogP contribution in [0.4, 0.5) is 0 Å². The molecule has 0 unspecified atom stereocenters. The summed E-state index contributed by atoms with van der Waals surface area (Å²) in [6, 6.07) is 0. The van der Waals surface area contributed by atoms with Gasteiger partial charge in [-0.25, -0.2) is 0 Å². The topological polar surface area (TPSA) is 153 Å². The van der Waals surface area contributed by atoms with Crippen molar-refractivity contribution in [2.24, 2.45) is 41.4 Å². The summed E-state index contributed by atoms with van der Waals surface area (Å²) in [5.41, 5.74) is -1.71. The van der Waals surface area contributed by atoms with Crippen LogP contribution in [0.5, 0.6) is 0 Å². The van der Waals surface area contributed by atoms with E-state index in [-0.39, 0.29) is 53.6 Å². The molecule has 5 aliphatic rings. The van der Waals surface area contributed by atoms with Crippen molar-refractivity contribution >= 4 is 23.5 Å². The van der Waals surface area contributed by atoms with Gasteiger partial charge in [0.1, 0.15) is 11.6 Å². The number of carbonyl (C=O) groups excluding carboxylic acids is 4. The third-order valence-electron chi connectivity index (χ3n) is 14.7. The molecule has 324 valence electrons. The highest BCUT2D eigenvalue weighted by atomic mass is 16.8. The summed E-state index contributed by atoms with van der Waals surface area (Å²) >= 11 is 0. The molecule has 0 saturated carbocycles. The summed E-state index contributed by atoms with van der Waals surface area (Å²) in [5.74, 6) is -6.41. The normalized spacial score (nSPS) is 42.9. The third-order valence-corrected chi connectivity index (χ3v) is 14.7. The summed E-state index contributed by atoms with van der Waals surface area (Å²) in [7, 11) is 1.38. The summed E-state index contributed by atoms with van der Waals surface area (Å²) in [5, 5.41) is 11.1. The Morgan fingerprint density at radius 1 is 0.860 bits per heavy atom. The number of esters is 2. The highest BCUT2D eigenvalue weighted by Crippen LogP contribution is 2.54. The molecule has 0 aliphatic carbocycles. The standard InChI is InChI=1S/C45H72O12/c1-13-32(41(49)51-12)34-17-16-25(4)39(54-34)29(8)37(47)28(7)38(48)33(14-2)40-26(5)24-27(6)44(55-40)21-19-36(53-31(10)46)45(57-44)23-22-42(11,56-45)35-18-20-43(50,15-3)30(9)52-35/h19,21,25-30,32-36,39-40,50H,13-18,20,22-24H2,1-12H3/t25-,26-,27+,28-,29-,30-,32+,33-,34+,35+,36+,39+,40-,42-,43+,44-,45-/m0/s1. The van der Waals surface area contributed by atoms with E-state index >= 15 is 0 Å². The predicted molar refractivity (Wildman–Crippen MR) is 212 cm³/mol. The van der Waals surface area contributed by atoms with E-state index in [0.717, 1.165) is 6.42 Å². The van der Waals surface area contributed by atoms with Crippen molar-refractivity contribution in [1.29, 1.82) is 0 Å². The molecule has 0 aromatic heterocycles. The van der Waals surface area contributed by atoms with Crippen LogP contribution in [0.3, 0.4) is 0 Å². The number of ketones is 2. The maximum absolute atomic E-state index is 14.5. The molecule has 0 radical (unpaired) electrons. The smallest absolute Gasteiger partial charge is 0.311 e. The minimum absolute atomic E-state index is 0.0330. The first-order chi connectivity index (χ1) is 26.7. The maximum atomic E-state index is 14.5. The minimum Gasteiger partial charge on any atom is -0.469 e. The van der Waals surface area contributed by atoms with E-state index in [9.17, 15) is 24.3 Å². The summed E-state index contributed by atoms with van der Waals surface area (Å²) in [6.45, 7) is 20.8. The van der Waals surface area contributed by atoms with Gasteiger partial charge in [0.05, 0.1) is 60.7 Å². The van der Waals surface area contributed by atoms with Crippen molar-refractivity contribution in [3.05, 3.63) is 12.2 Å². The lowest BCUT2D eigenvalue weighted by Gasteiger charge is -2.54. The second kappa shape index (κ2) is 17.8. The molecule has 4 saturated heterocycles. The molecule has 12 nitrogen and oxygen atoms in total. The van der Waals surface area contributed by atoms with Crippen molar-refractivity contribution in [3.8, 4) is 0 Å². The maximum Gasteiger partial charge on any atom is 0.311 e. The molecule has 17 atom stereocenters. The van der Waals surface area contributed by atoms with Crippen LogP contribution in [0.2, 0.25) is 0 Å². The van der Waals surface area contributed by atoms with Crippen molar-refractivity contribution in [2.45, 2.75) is 200 Å². The Balaban J connectivity index is 1.36. The first-order valence-electron chi connectivity index (χ1n) is 21.9. The van der Waals surface area contributed by atoms with Crippen LogP contribution >= 0.6 is 0 Å². The van der Waals surface area contributed by atoms with Crippen LogP contribution in [0, 0.1) is 41.4 Å². The molecule has 0 aromatic carbocycles. The zero-order chi connectivity index (χ0) is 42.2. The molecule has 0 aromatic rings. The molecule has 5 rings (SSSR count). The van der Waals surface area contributed by atoms with Crippen molar-refractivity contribution < 1.29 is 57.4 Å². The quantitative estimate of drug-likeness (QED) is 0.115. The summed E-state index contributed by atoms with van der Waals surface area (Å²) < 4.78 is 44.9. The van der Waals surface area contributed by atoms with Gasteiger partial charge in [-0.3, -0.25) is 19.2 Å². The fourth-order valence-electron chi connectivity index (χ4n) is 10.8. The number of aliphatic hydroxyl groups is 1. The first-order valence-corrected chi connectivity index (χ1v) is 21.9. The molecular formula is C45H72O12. The van der Waals surface area contributed by atoms with Crippen LogP contribution < -0.4 is 0 Å². The molecule has 5 aliphatic heterocycles. The fraction of sp³-hybridized carbons (Fsp3) is 0.867. The second-order valence-electron chi connectivity index (χ2n) is 18.5. The molecular weight excluding hydrogens is 732 g/mol. The lowest BCUT2D eigenvalue weighted by atomic mass is 9.73. The Labute approximate surface area is 340 Å². The molecule has 5 heterocycles. The van der Waals surface area contributed by atoms with Crippen LogP contribution in [0.1, 0.15) is 140 Å². The first kappa shape index (κ1) is 45.9. The van der Waals surface area contributed by atoms with Gasteiger partial charge >= 0.3 is 11.9 Å². The van der Waals surface area contributed by atoms with Crippen LogP contribution in [0.15, 0.2) is 12.2 Å². The SMILES string of the molecule is CC[C@@H](C(=O)[C@@H](C)C(=O)[C@H](C)[C@@H]1O[C@@H]([C@@H](CC)C(=O)OC)CC[C@@H]1C)[C@H]1O[C@]2(C=C[C@@H](OC(C)=O)[C@]3(CC[C@@](C)([C@H]4CC[C@](O)(CC)[C@H](C)O4)O3)O2)[C@H](C)C[C@@H]1C.